The van der Waals surface area contributed by atoms with Crippen molar-refractivity contribution in [3.8, 4) is 22.9 Å². The lowest BCUT2D eigenvalue weighted by Gasteiger charge is -2.42. The van der Waals surface area contributed by atoms with Crippen LogP contribution in [0.15, 0.2) is 54.6 Å². The van der Waals surface area contributed by atoms with E-state index < -0.39 is 6.10 Å². The highest BCUT2D eigenvalue weighted by molar-refractivity contribution is 6.01. The second-order valence-electron chi connectivity index (χ2n) is 13.7. The normalized spacial score (nSPS) is 22.9. The lowest BCUT2D eigenvalue weighted by molar-refractivity contribution is -0.136. The number of piperazine rings is 1. The van der Waals surface area contributed by atoms with Crippen LogP contribution in [0, 0.1) is 0 Å². The van der Waals surface area contributed by atoms with Gasteiger partial charge in [0.2, 0.25) is 5.91 Å². The minimum Gasteiger partial charge on any atom is -0.508 e. The molecule has 4 aliphatic heterocycles. The smallest absolute Gasteiger partial charge is 0.319 e. The van der Waals surface area contributed by atoms with Gasteiger partial charge in [0.15, 0.2) is 0 Å². The van der Waals surface area contributed by atoms with Crippen molar-refractivity contribution in [2.45, 2.75) is 68.7 Å². The van der Waals surface area contributed by atoms with E-state index in [1.807, 2.05) is 29.2 Å². The number of rotatable bonds is 8. The molecule has 3 unspecified atom stereocenters. The summed E-state index contributed by atoms with van der Waals surface area (Å²) in [7, 11) is 0. The maximum Gasteiger partial charge on any atom is 0.319 e. The number of nitrogens with zero attached hydrogens (tertiary/aromatic N) is 5. The molecule has 10 heteroatoms. The predicted octanol–water partition coefficient (Wildman–Crippen LogP) is 4.05. The standard InChI is InChI=1S/C36H42N6O4/c37-19-28(44)18-33(45)42-25-8-9-26(42)21-40(20-25)34-30-10-7-24(31-17-27(43)15-23-5-1-2-6-29(23)31)16-32(30)38-35(39-34)46-22-36-11-3-13-41(36)14-4-12-36/h1-2,5-7,10,15-17,25-26,28,43-44H,3-4,8-9,11-14,18-22,37H2. The number of anilines is 1. The molecule has 3 atom stereocenters. The van der Waals surface area contributed by atoms with Gasteiger partial charge in [0.05, 0.1) is 23.6 Å². The zero-order valence-corrected chi connectivity index (χ0v) is 26.1. The number of fused-ring (bicyclic) bond motifs is 5. The summed E-state index contributed by atoms with van der Waals surface area (Å²) in [5, 5.41) is 23.6. The Morgan fingerprint density at radius 2 is 1.76 bits per heavy atom. The Morgan fingerprint density at radius 3 is 2.52 bits per heavy atom. The number of benzene rings is 3. The molecule has 1 amide bonds. The Hall–Kier alpha value is -3.99. The Labute approximate surface area is 268 Å². The van der Waals surface area contributed by atoms with Gasteiger partial charge in [0, 0.05) is 37.1 Å². The van der Waals surface area contributed by atoms with Crippen molar-refractivity contribution in [1.82, 2.24) is 19.8 Å². The molecule has 0 radical (unpaired) electrons. The van der Waals surface area contributed by atoms with E-state index in [-0.39, 0.29) is 42.2 Å². The average molecular weight is 623 g/mol. The fraction of sp³-hybridized carbons (Fsp3) is 0.472. The number of aromatic hydroxyl groups is 1. The van der Waals surface area contributed by atoms with Crippen LogP contribution in [0.5, 0.6) is 11.8 Å². The van der Waals surface area contributed by atoms with Gasteiger partial charge >= 0.3 is 6.01 Å². The van der Waals surface area contributed by atoms with Gasteiger partial charge in [-0.15, -0.1) is 0 Å². The third kappa shape index (κ3) is 5.12. The van der Waals surface area contributed by atoms with E-state index in [1.54, 1.807) is 6.07 Å². The molecule has 2 bridgehead atoms. The quantitative estimate of drug-likeness (QED) is 0.267. The maximum absolute atomic E-state index is 13.2. The molecule has 8 rings (SSSR count). The van der Waals surface area contributed by atoms with Crippen LogP contribution < -0.4 is 15.4 Å². The van der Waals surface area contributed by atoms with Crippen LogP contribution in [0.2, 0.25) is 0 Å². The number of hydrogen-bond donors (Lipinski definition) is 3. The highest BCUT2D eigenvalue weighted by Gasteiger charge is 2.46. The van der Waals surface area contributed by atoms with Crippen molar-refractivity contribution in [1.29, 1.82) is 0 Å². The third-order valence-electron chi connectivity index (χ3n) is 10.8. The average Bonchev–Trinajstić information content (AvgIpc) is 3.73. The Balaban J connectivity index is 1.17. The van der Waals surface area contributed by atoms with Crippen molar-refractivity contribution in [2.24, 2.45) is 5.73 Å². The Morgan fingerprint density at radius 1 is 1.00 bits per heavy atom. The molecule has 4 saturated heterocycles. The number of hydrogen-bond acceptors (Lipinski definition) is 9. The number of amides is 1. The van der Waals surface area contributed by atoms with E-state index in [0.717, 1.165) is 77.4 Å². The monoisotopic (exact) mass is 622 g/mol. The minimum atomic E-state index is -0.816. The van der Waals surface area contributed by atoms with E-state index in [2.05, 4.69) is 34.1 Å². The first-order chi connectivity index (χ1) is 22.4. The van der Waals surface area contributed by atoms with Crippen molar-refractivity contribution in [3.05, 3.63) is 54.6 Å². The van der Waals surface area contributed by atoms with Gasteiger partial charge in [0.25, 0.3) is 0 Å². The molecule has 4 N–H and O–H groups in total. The van der Waals surface area contributed by atoms with Gasteiger partial charge in [-0.3, -0.25) is 9.69 Å². The summed E-state index contributed by atoms with van der Waals surface area (Å²) in [4.78, 5) is 30.1. The molecular weight excluding hydrogens is 580 g/mol. The second kappa shape index (κ2) is 11.7. The summed E-state index contributed by atoms with van der Waals surface area (Å²) in [5.74, 6) is 1.02. The van der Waals surface area contributed by atoms with Crippen molar-refractivity contribution >= 4 is 33.4 Å². The third-order valence-corrected chi connectivity index (χ3v) is 10.8. The van der Waals surface area contributed by atoms with E-state index in [1.165, 1.54) is 12.8 Å². The molecule has 1 aromatic heterocycles. The summed E-state index contributed by atoms with van der Waals surface area (Å²) in [6.07, 6.45) is 5.76. The van der Waals surface area contributed by atoms with Crippen molar-refractivity contribution < 1.29 is 19.7 Å². The van der Waals surface area contributed by atoms with Crippen molar-refractivity contribution in [2.75, 3.05) is 44.2 Å². The molecule has 0 saturated carbocycles. The van der Waals surface area contributed by atoms with E-state index >= 15 is 0 Å². The maximum atomic E-state index is 13.2. The summed E-state index contributed by atoms with van der Waals surface area (Å²) in [5.41, 5.74) is 8.36. The van der Waals surface area contributed by atoms with Crippen LogP contribution >= 0.6 is 0 Å². The molecule has 10 nitrogen and oxygen atoms in total. The summed E-state index contributed by atoms with van der Waals surface area (Å²) in [6.45, 7) is 4.22. The summed E-state index contributed by atoms with van der Waals surface area (Å²) in [6, 6.07) is 18.4. The molecule has 5 heterocycles. The minimum absolute atomic E-state index is 0.0263. The number of phenols is 1. The van der Waals surface area contributed by atoms with Crippen molar-refractivity contribution in [3.63, 3.8) is 0 Å². The van der Waals surface area contributed by atoms with Gasteiger partial charge < -0.3 is 30.5 Å². The van der Waals surface area contributed by atoms with Crippen LogP contribution in [-0.2, 0) is 4.79 Å². The van der Waals surface area contributed by atoms with E-state index in [9.17, 15) is 15.0 Å². The molecule has 4 aromatic rings. The molecular formula is C36H42N6O4. The number of nitrogens with two attached hydrogens (primary N) is 1. The Kier molecular flexibility index (Phi) is 7.46. The van der Waals surface area contributed by atoms with Gasteiger partial charge in [-0.05, 0) is 97.8 Å². The van der Waals surface area contributed by atoms with Crippen LogP contribution in [0.3, 0.4) is 0 Å². The van der Waals surface area contributed by atoms with E-state index in [0.29, 0.717) is 25.7 Å². The first-order valence-electron chi connectivity index (χ1n) is 16.8. The van der Waals surface area contributed by atoms with E-state index in [4.69, 9.17) is 20.4 Å². The fourth-order valence-corrected chi connectivity index (χ4v) is 8.63. The SMILES string of the molecule is NCC(O)CC(=O)N1C2CCC1CN(c1nc(OCC34CCCN3CCC4)nc3cc(-c4cc(O)cc5ccccc45)ccc13)C2. The highest BCUT2D eigenvalue weighted by atomic mass is 16.5. The molecule has 240 valence electrons. The summed E-state index contributed by atoms with van der Waals surface area (Å²) >= 11 is 0. The highest BCUT2D eigenvalue weighted by Crippen LogP contribution is 2.41. The lowest BCUT2D eigenvalue weighted by atomic mass is 9.95. The van der Waals surface area contributed by atoms with Gasteiger partial charge in [-0.25, -0.2) is 0 Å². The first-order valence-corrected chi connectivity index (χ1v) is 16.8. The molecule has 0 aliphatic carbocycles. The zero-order chi connectivity index (χ0) is 31.4. The number of aromatic nitrogens is 2. The summed E-state index contributed by atoms with van der Waals surface area (Å²) < 4.78 is 6.52. The van der Waals surface area contributed by atoms with Gasteiger partial charge in [0.1, 0.15) is 18.2 Å². The second-order valence-corrected chi connectivity index (χ2v) is 13.7. The number of aliphatic hydroxyl groups excluding tert-OH is 1. The number of carbonyl (C=O) groups is 1. The fourth-order valence-electron chi connectivity index (χ4n) is 8.63. The van der Waals surface area contributed by atoms with Gasteiger partial charge in [-0.1, -0.05) is 30.3 Å². The molecule has 4 aliphatic rings. The topological polar surface area (TPSA) is 128 Å². The Bertz CT molecular complexity index is 1770. The number of carbonyl (C=O) groups excluding carboxylic acids is 1. The number of aliphatic hydroxyl groups is 1. The predicted molar refractivity (Wildman–Crippen MR) is 178 cm³/mol. The van der Waals surface area contributed by atoms with Crippen LogP contribution in [0.25, 0.3) is 32.8 Å². The van der Waals surface area contributed by atoms with Gasteiger partial charge in [-0.2, -0.15) is 9.97 Å². The molecule has 3 aromatic carbocycles. The van der Waals surface area contributed by atoms with Crippen LogP contribution in [0.1, 0.15) is 44.9 Å². The number of phenolic OH excluding ortho intramolecular Hbond substituents is 1. The molecule has 46 heavy (non-hydrogen) atoms. The molecule has 4 fully saturated rings. The van der Waals surface area contributed by atoms with Crippen LogP contribution in [0.4, 0.5) is 5.82 Å². The zero-order valence-electron chi connectivity index (χ0n) is 26.1. The lowest BCUT2D eigenvalue weighted by Crippen LogP contribution is -2.56. The first kappa shape index (κ1) is 29.4. The number of ether oxygens (including phenoxy) is 1. The largest absolute Gasteiger partial charge is 0.508 e. The van der Waals surface area contributed by atoms with Crippen LogP contribution in [-0.4, -0.2) is 98.9 Å². The molecule has 0 spiro atoms.